The number of rotatable bonds is 23. The number of hydrogen-bond acceptors (Lipinski definition) is 9. The fourth-order valence-electron chi connectivity index (χ4n) is 2.07. The molecule has 0 amide bonds. The van der Waals surface area contributed by atoms with Crippen molar-refractivity contribution in [2.75, 3.05) is 72.7 Å². The van der Waals surface area contributed by atoms with Gasteiger partial charge in [-0.15, -0.1) is 19.7 Å². The predicted octanol–water partition coefficient (Wildman–Crippen LogP) is 0.0953. The van der Waals surface area contributed by atoms with Gasteiger partial charge in [0.05, 0.1) is 72.7 Å². The molecule has 30 heavy (non-hydrogen) atoms. The van der Waals surface area contributed by atoms with Gasteiger partial charge in [-0.1, -0.05) is 18.2 Å². The normalized spacial score (nSPS) is 15.3. The van der Waals surface area contributed by atoms with Gasteiger partial charge >= 0.3 is 0 Å². The van der Waals surface area contributed by atoms with E-state index in [4.69, 9.17) is 28.4 Å². The molecule has 3 unspecified atom stereocenters. The van der Waals surface area contributed by atoms with Gasteiger partial charge in [-0.25, -0.2) is 0 Å². The van der Waals surface area contributed by atoms with Crippen LogP contribution in [0.15, 0.2) is 38.0 Å². The van der Waals surface area contributed by atoms with Crippen LogP contribution in [0.25, 0.3) is 0 Å². The topological polar surface area (TPSA) is 116 Å². The zero-order valence-electron chi connectivity index (χ0n) is 17.7. The Morgan fingerprint density at radius 1 is 0.500 bits per heavy atom. The first kappa shape index (κ1) is 28.9. The van der Waals surface area contributed by atoms with E-state index in [2.05, 4.69) is 19.7 Å². The lowest BCUT2D eigenvalue weighted by atomic mass is 10.3. The fourth-order valence-corrected chi connectivity index (χ4v) is 2.07. The molecule has 3 N–H and O–H groups in total. The minimum atomic E-state index is -0.816. The van der Waals surface area contributed by atoms with Crippen LogP contribution in [0.5, 0.6) is 0 Å². The predicted molar refractivity (Wildman–Crippen MR) is 112 cm³/mol. The highest BCUT2D eigenvalue weighted by Gasteiger charge is 2.16. The van der Waals surface area contributed by atoms with Crippen molar-refractivity contribution in [2.45, 2.75) is 24.4 Å². The molecular weight excluding hydrogens is 396 g/mol. The van der Waals surface area contributed by atoms with Crippen LogP contribution in [0, 0.1) is 0 Å². The average molecular weight is 435 g/mol. The first-order chi connectivity index (χ1) is 14.5. The third-order valence-electron chi connectivity index (χ3n) is 3.39. The van der Waals surface area contributed by atoms with Gasteiger partial charge in [0.25, 0.3) is 0 Å². The molecule has 0 aromatic rings. The van der Waals surface area contributed by atoms with Crippen LogP contribution < -0.4 is 0 Å². The van der Waals surface area contributed by atoms with Crippen LogP contribution in [-0.2, 0) is 28.4 Å². The molecule has 0 saturated heterocycles. The molecule has 176 valence electrons. The quantitative estimate of drug-likeness (QED) is 0.152. The smallest absolute Gasteiger partial charge is 0.104 e. The van der Waals surface area contributed by atoms with Crippen molar-refractivity contribution in [2.24, 2.45) is 0 Å². The fraction of sp³-hybridized carbons (Fsp3) is 0.714. The highest BCUT2D eigenvalue weighted by molar-refractivity contribution is 4.67. The summed E-state index contributed by atoms with van der Waals surface area (Å²) >= 11 is 0. The van der Waals surface area contributed by atoms with Crippen LogP contribution in [0.4, 0.5) is 0 Å². The monoisotopic (exact) mass is 434 g/mol. The third-order valence-corrected chi connectivity index (χ3v) is 3.39. The molecule has 9 heteroatoms. The summed E-state index contributed by atoms with van der Waals surface area (Å²) in [6.45, 7) is 12.4. The molecule has 0 aliphatic carbocycles. The highest BCUT2D eigenvalue weighted by Crippen LogP contribution is 2.01. The van der Waals surface area contributed by atoms with Gasteiger partial charge in [-0.2, -0.15) is 0 Å². The molecule has 0 saturated carbocycles. The van der Waals surface area contributed by atoms with E-state index in [1.165, 1.54) is 0 Å². The lowest BCUT2D eigenvalue weighted by molar-refractivity contribution is -0.110. The van der Waals surface area contributed by atoms with Crippen molar-refractivity contribution in [3.63, 3.8) is 0 Å². The molecule has 0 aliphatic rings. The molecule has 0 spiro atoms. The second-order valence-electron chi connectivity index (χ2n) is 6.47. The second kappa shape index (κ2) is 21.1. The molecular formula is C21H38O9. The van der Waals surface area contributed by atoms with Gasteiger partial charge in [0.15, 0.2) is 0 Å². The summed E-state index contributed by atoms with van der Waals surface area (Å²) in [5.74, 6) is 0. The third kappa shape index (κ3) is 18.9. The summed E-state index contributed by atoms with van der Waals surface area (Å²) in [6, 6.07) is 0. The van der Waals surface area contributed by atoms with E-state index < -0.39 is 24.4 Å². The summed E-state index contributed by atoms with van der Waals surface area (Å²) in [5.41, 5.74) is 0. The minimum Gasteiger partial charge on any atom is -0.388 e. The largest absolute Gasteiger partial charge is 0.388 e. The van der Waals surface area contributed by atoms with Gasteiger partial charge in [0, 0.05) is 0 Å². The van der Waals surface area contributed by atoms with E-state index in [9.17, 15) is 15.3 Å². The summed E-state index contributed by atoms with van der Waals surface area (Å²) in [6.07, 6.45) is 1.88. The van der Waals surface area contributed by atoms with E-state index in [1.54, 1.807) is 18.2 Å². The van der Waals surface area contributed by atoms with Crippen LogP contribution in [0.3, 0.4) is 0 Å². The zero-order chi connectivity index (χ0) is 22.5. The number of aliphatic hydroxyl groups is 3. The molecule has 0 heterocycles. The average Bonchev–Trinajstić information content (AvgIpc) is 2.72. The molecule has 0 rings (SSSR count). The Morgan fingerprint density at radius 3 is 1.20 bits per heavy atom. The molecule has 9 nitrogen and oxygen atoms in total. The Morgan fingerprint density at radius 2 is 0.833 bits per heavy atom. The maximum Gasteiger partial charge on any atom is 0.104 e. The van der Waals surface area contributed by atoms with Crippen LogP contribution in [0.1, 0.15) is 0 Å². The summed E-state index contributed by atoms with van der Waals surface area (Å²) in [7, 11) is 0. The van der Waals surface area contributed by atoms with Crippen molar-refractivity contribution in [1.29, 1.82) is 0 Å². The number of ether oxygens (including phenoxy) is 6. The first-order valence-electron chi connectivity index (χ1n) is 9.90. The standard InChI is InChI=1S/C21H38O9/c1-4-7-25-10-18(22)13-28-16-21(30-15-20(24)12-27-9-6-3)17-29-14-19(23)11-26-8-5-2/h4-6,18-24H,1-3,7-17H2. The minimum absolute atomic E-state index is 0.0184. The van der Waals surface area contributed by atoms with Gasteiger partial charge < -0.3 is 43.7 Å². The summed E-state index contributed by atoms with van der Waals surface area (Å²) in [5, 5.41) is 29.5. The Hall–Kier alpha value is -1.14. The molecule has 0 aromatic carbocycles. The number of hydrogen-bond donors (Lipinski definition) is 3. The molecule has 3 atom stereocenters. The van der Waals surface area contributed by atoms with Gasteiger partial charge in [-0.05, 0) is 0 Å². The maximum absolute atomic E-state index is 9.90. The van der Waals surface area contributed by atoms with Crippen molar-refractivity contribution < 1.29 is 43.7 Å². The van der Waals surface area contributed by atoms with Crippen molar-refractivity contribution >= 4 is 0 Å². The van der Waals surface area contributed by atoms with E-state index in [-0.39, 0.29) is 52.9 Å². The van der Waals surface area contributed by atoms with Gasteiger partial charge in [-0.3, -0.25) is 0 Å². The molecule has 0 aliphatic heterocycles. The van der Waals surface area contributed by atoms with Crippen molar-refractivity contribution in [1.82, 2.24) is 0 Å². The van der Waals surface area contributed by atoms with Gasteiger partial charge in [0.1, 0.15) is 24.4 Å². The lowest BCUT2D eigenvalue weighted by Crippen LogP contribution is -2.34. The Bertz CT molecular complexity index is 393. The van der Waals surface area contributed by atoms with Crippen molar-refractivity contribution in [3.8, 4) is 0 Å². The van der Waals surface area contributed by atoms with Crippen LogP contribution in [-0.4, -0.2) is 112 Å². The molecule has 0 bridgehead atoms. The summed E-state index contributed by atoms with van der Waals surface area (Å²) < 4.78 is 32.1. The second-order valence-corrected chi connectivity index (χ2v) is 6.47. The number of aliphatic hydroxyl groups excluding tert-OH is 3. The zero-order valence-corrected chi connectivity index (χ0v) is 17.7. The summed E-state index contributed by atoms with van der Waals surface area (Å²) in [4.78, 5) is 0. The molecule has 0 aromatic heterocycles. The van der Waals surface area contributed by atoms with Crippen molar-refractivity contribution in [3.05, 3.63) is 38.0 Å². The Kier molecular flexibility index (Phi) is 20.3. The van der Waals surface area contributed by atoms with E-state index >= 15 is 0 Å². The lowest BCUT2D eigenvalue weighted by Gasteiger charge is -2.21. The maximum atomic E-state index is 9.90. The van der Waals surface area contributed by atoms with Crippen LogP contribution in [0.2, 0.25) is 0 Å². The first-order valence-corrected chi connectivity index (χ1v) is 9.90. The van der Waals surface area contributed by atoms with Crippen LogP contribution >= 0.6 is 0 Å². The molecule has 0 radical (unpaired) electrons. The molecule has 0 fully saturated rings. The Balaban J connectivity index is 4.27. The van der Waals surface area contributed by atoms with E-state index in [0.29, 0.717) is 19.8 Å². The van der Waals surface area contributed by atoms with E-state index in [0.717, 1.165) is 0 Å². The SMILES string of the molecule is C=CCOCC(O)COCC(COCC(O)COCC=C)OCC(O)COCC=C. The van der Waals surface area contributed by atoms with Gasteiger partial charge in [0.2, 0.25) is 0 Å². The Labute approximate surface area is 179 Å². The highest BCUT2D eigenvalue weighted by atomic mass is 16.6. The van der Waals surface area contributed by atoms with E-state index in [1.807, 2.05) is 0 Å².